The number of hydrogen-bond acceptors (Lipinski definition) is 4. The maximum Gasteiger partial charge on any atom is 0.177 e. The monoisotopic (exact) mass is 220 g/mol. The molecule has 17 heavy (non-hydrogen) atoms. The van der Waals surface area contributed by atoms with Gasteiger partial charge < -0.3 is 0 Å². The molecule has 1 aromatic carbocycles. The molecule has 1 heterocycles. The van der Waals surface area contributed by atoms with Gasteiger partial charge in [-0.15, -0.1) is 0 Å². The molecule has 0 aliphatic carbocycles. The smallest absolute Gasteiger partial charge is 0.177 e. The van der Waals surface area contributed by atoms with Crippen molar-refractivity contribution in [2.24, 2.45) is 9.98 Å². The van der Waals surface area contributed by atoms with Crippen molar-refractivity contribution in [1.82, 2.24) is 0 Å². The van der Waals surface area contributed by atoms with Crippen molar-refractivity contribution in [3.05, 3.63) is 47.3 Å². The van der Waals surface area contributed by atoms with Crippen molar-refractivity contribution in [2.75, 3.05) is 0 Å². The molecule has 4 heteroatoms. The quantitative estimate of drug-likeness (QED) is 0.727. The lowest BCUT2D eigenvalue weighted by Gasteiger charge is -2.01. The number of nitrogens with zero attached hydrogens (tertiary/aromatic N) is 4. The average Bonchev–Trinajstić information content (AvgIpc) is 2.61. The molecule has 0 fully saturated rings. The molecule has 0 saturated carbocycles. The van der Waals surface area contributed by atoms with Crippen LogP contribution in [0.15, 0.2) is 51.7 Å². The zero-order valence-electron chi connectivity index (χ0n) is 8.96. The molecule has 0 amide bonds. The van der Waals surface area contributed by atoms with Gasteiger partial charge in [-0.1, -0.05) is 30.3 Å². The van der Waals surface area contributed by atoms with Gasteiger partial charge in [0.2, 0.25) is 0 Å². The molecule has 1 aromatic rings. The number of hydrogen-bond donors (Lipinski definition) is 0. The minimum atomic E-state index is 0.0680. The normalized spacial score (nSPS) is 14.6. The van der Waals surface area contributed by atoms with Crippen LogP contribution >= 0.6 is 0 Å². The van der Waals surface area contributed by atoms with Gasteiger partial charge in [0.15, 0.2) is 11.4 Å². The van der Waals surface area contributed by atoms with Crippen LogP contribution in [0.25, 0.3) is 0 Å². The van der Waals surface area contributed by atoms with Gasteiger partial charge in [0.05, 0.1) is 5.71 Å². The number of allylic oxidation sites excluding steroid dienone is 2. The van der Waals surface area contributed by atoms with Gasteiger partial charge >= 0.3 is 0 Å². The van der Waals surface area contributed by atoms with Crippen LogP contribution in [0.1, 0.15) is 12.0 Å². The van der Waals surface area contributed by atoms with E-state index in [-0.39, 0.29) is 11.4 Å². The van der Waals surface area contributed by atoms with E-state index in [4.69, 9.17) is 10.5 Å². The predicted octanol–water partition coefficient (Wildman–Crippen LogP) is 2.21. The second kappa shape index (κ2) is 4.87. The first-order valence-electron chi connectivity index (χ1n) is 5.05. The molecule has 0 atom stereocenters. The lowest BCUT2D eigenvalue weighted by atomic mass is 10.1. The average molecular weight is 220 g/mol. The van der Waals surface area contributed by atoms with Gasteiger partial charge in [0.25, 0.3) is 0 Å². The highest BCUT2D eigenvalue weighted by molar-refractivity contribution is 6.08. The topological polar surface area (TPSA) is 72.3 Å². The highest BCUT2D eigenvalue weighted by atomic mass is 14.9. The molecule has 0 N–H and O–H groups in total. The van der Waals surface area contributed by atoms with E-state index >= 15 is 0 Å². The third kappa shape index (κ3) is 2.27. The minimum absolute atomic E-state index is 0.0680. The molecule has 0 bridgehead atoms. The molecule has 1 aliphatic heterocycles. The van der Waals surface area contributed by atoms with Crippen molar-refractivity contribution in [3.63, 3.8) is 0 Å². The summed E-state index contributed by atoms with van der Waals surface area (Å²) in [6, 6.07) is 13.3. The van der Waals surface area contributed by atoms with Crippen LogP contribution in [-0.4, -0.2) is 11.9 Å². The molecule has 0 spiro atoms. The van der Waals surface area contributed by atoms with Crippen LogP contribution in [0.5, 0.6) is 0 Å². The number of benzene rings is 1. The van der Waals surface area contributed by atoms with Crippen molar-refractivity contribution in [1.29, 1.82) is 10.5 Å². The largest absolute Gasteiger partial charge is 0.247 e. The Bertz CT molecular complexity index is 595. The van der Waals surface area contributed by atoms with Crippen LogP contribution in [0, 0.1) is 22.7 Å². The lowest BCUT2D eigenvalue weighted by molar-refractivity contribution is 1.27. The molecule has 1 aliphatic rings. The van der Waals surface area contributed by atoms with E-state index in [2.05, 4.69) is 9.98 Å². The summed E-state index contributed by atoms with van der Waals surface area (Å²) < 4.78 is 0. The molecular weight excluding hydrogens is 212 g/mol. The van der Waals surface area contributed by atoms with Gasteiger partial charge in [0.1, 0.15) is 12.1 Å². The molecule has 0 aromatic heterocycles. The molecular formula is C13H8N4. The first-order valence-corrected chi connectivity index (χ1v) is 5.05. The van der Waals surface area contributed by atoms with Crippen molar-refractivity contribution >= 4 is 11.9 Å². The summed E-state index contributed by atoms with van der Waals surface area (Å²) in [6.45, 7) is 0. The third-order valence-electron chi connectivity index (χ3n) is 2.29. The van der Waals surface area contributed by atoms with Gasteiger partial charge in [0, 0.05) is 12.6 Å². The fourth-order valence-corrected chi connectivity index (χ4v) is 1.49. The van der Waals surface area contributed by atoms with Crippen molar-refractivity contribution in [2.45, 2.75) is 6.42 Å². The Morgan fingerprint density at radius 2 is 1.71 bits per heavy atom. The summed E-state index contributed by atoms with van der Waals surface area (Å²) in [6.07, 6.45) is 2.12. The summed E-state index contributed by atoms with van der Waals surface area (Å²) in [7, 11) is 0. The highest BCUT2D eigenvalue weighted by Gasteiger charge is 2.10. The van der Waals surface area contributed by atoms with Gasteiger partial charge in [-0.3, -0.25) is 0 Å². The van der Waals surface area contributed by atoms with Crippen LogP contribution in [0.4, 0.5) is 0 Å². The number of rotatable bonds is 1. The summed E-state index contributed by atoms with van der Waals surface area (Å²) in [5.74, 6) is 0. The fraction of sp³-hybridized carbons (Fsp3) is 0.0769. The Morgan fingerprint density at radius 1 is 1.00 bits per heavy atom. The van der Waals surface area contributed by atoms with E-state index in [0.29, 0.717) is 6.42 Å². The van der Waals surface area contributed by atoms with Crippen LogP contribution in [-0.2, 0) is 0 Å². The van der Waals surface area contributed by atoms with E-state index in [9.17, 15) is 0 Å². The molecule has 2 rings (SSSR count). The third-order valence-corrected chi connectivity index (χ3v) is 2.29. The Labute approximate surface area is 98.9 Å². The summed E-state index contributed by atoms with van der Waals surface area (Å²) in [4.78, 5) is 8.13. The molecule has 0 radical (unpaired) electrons. The number of nitriles is 2. The standard InChI is InChI=1S/C13H8N4/c14-8-12-13(9-15)17-11(6-7-16-12)10-4-2-1-3-5-10/h1-5,7H,6H2. The second-order valence-corrected chi connectivity index (χ2v) is 3.36. The molecule has 80 valence electrons. The Balaban J connectivity index is 2.50. The van der Waals surface area contributed by atoms with E-state index in [1.807, 2.05) is 42.5 Å². The maximum absolute atomic E-state index is 8.94. The summed E-state index contributed by atoms with van der Waals surface area (Å²) in [5, 5.41) is 17.8. The van der Waals surface area contributed by atoms with Crippen LogP contribution in [0.3, 0.4) is 0 Å². The van der Waals surface area contributed by atoms with Gasteiger partial charge in [-0.05, 0) is 5.56 Å². The van der Waals surface area contributed by atoms with Crippen LogP contribution in [0.2, 0.25) is 0 Å². The first-order chi connectivity index (χ1) is 8.35. The zero-order valence-corrected chi connectivity index (χ0v) is 8.96. The van der Waals surface area contributed by atoms with E-state index in [1.54, 1.807) is 6.21 Å². The summed E-state index contributed by atoms with van der Waals surface area (Å²) in [5.41, 5.74) is 1.82. The van der Waals surface area contributed by atoms with Gasteiger partial charge in [-0.25, -0.2) is 9.98 Å². The lowest BCUT2D eigenvalue weighted by Crippen LogP contribution is -2.00. The van der Waals surface area contributed by atoms with Gasteiger partial charge in [-0.2, -0.15) is 10.5 Å². The molecule has 0 unspecified atom stereocenters. The van der Waals surface area contributed by atoms with E-state index in [1.165, 1.54) is 0 Å². The SMILES string of the molecule is N#CC1=C(C#N)N=C(c2ccccc2)CC=N1. The molecule has 4 nitrogen and oxygen atoms in total. The minimum Gasteiger partial charge on any atom is -0.247 e. The second-order valence-electron chi connectivity index (χ2n) is 3.36. The highest BCUT2D eigenvalue weighted by Crippen LogP contribution is 2.14. The fourth-order valence-electron chi connectivity index (χ4n) is 1.49. The number of aliphatic imine (C=N–C) groups is 2. The first kappa shape index (κ1) is 10.8. The summed E-state index contributed by atoms with van der Waals surface area (Å²) >= 11 is 0. The predicted molar refractivity (Wildman–Crippen MR) is 64.3 cm³/mol. The maximum atomic E-state index is 8.94. The van der Waals surface area contributed by atoms with E-state index in [0.717, 1.165) is 11.3 Å². The Morgan fingerprint density at radius 3 is 2.35 bits per heavy atom. The molecule has 0 saturated heterocycles. The Kier molecular flexibility index (Phi) is 3.09. The van der Waals surface area contributed by atoms with Crippen LogP contribution < -0.4 is 0 Å². The van der Waals surface area contributed by atoms with Crippen molar-refractivity contribution < 1.29 is 0 Å². The van der Waals surface area contributed by atoms with E-state index < -0.39 is 0 Å². The zero-order chi connectivity index (χ0) is 12.1. The Hall–Kier alpha value is -2.72. The van der Waals surface area contributed by atoms with Crippen molar-refractivity contribution in [3.8, 4) is 12.1 Å².